The SMILES string of the molecule is CCC(C)/C=C(/C)c1ccc(OCc2ccccc2)nc1C. The van der Waals surface area contributed by atoms with E-state index in [0.29, 0.717) is 18.4 Å². The van der Waals surface area contributed by atoms with E-state index in [1.54, 1.807) is 0 Å². The van der Waals surface area contributed by atoms with Crippen LogP contribution < -0.4 is 4.74 Å². The second kappa shape index (κ2) is 7.79. The number of ether oxygens (including phenoxy) is 1. The molecule has 2 heteroatoms. The largest absolute Gasteiger partial charge is 0.473 e. The molecule has 22 heavy (non-hydrogen) atoms. The van der Waals surface area contributed by atoms with Gasteiger partial charge < -0.3 is 4.74 Å². The average molecular weight is 295 g/mol. The first-order valence-corrected chi connectivity index (χ1v) is 7.93. The second-order valence-electron chi connectivity index (χ2n) is 5.79. The molecule has 0 amide bonds. The standard InChI is InChI=1S/C20H25NO/c1-5-15(2)13-16(3)19-11-12-20(21-17(19)4)22-14-18-9-7-6-8-10-18/h6-13,15H,5,14H2,1-4H3/b16-13-. The van der Waals surface area contributed by atoms with Crippen LogP contribution in [0.4, 0.5) is 0 Å². The molecule has 1 unspecified atom stereocenters. The van der Waals surface area contributed by atoms with Crippen molar-refractivity contribution in [2.45, 2.75) is 40.7 Å². The lowest BCUT2D eigenvalue weighted by Gasteiger charge is -2.11. The zero-order valence-electron chi connectivity index (χ0n) is 14.0. The van der Waals surface area contributed by atoms with Crippen molar-refractivity contribution in [2.75, 3.05) is 0 Å². The van der Waals surface area contributed by atoms with Crippen LogP contribution in [0, 0.1) is 12.8 Å². The van der Waals surface area contributed by atoms with Gasteiger partial charge in [-0.2, -0.15) is 0 Å². The van der Waals surface area contributed by atoms with Crippen LogP contribution in [0.5, 0.6) is 5.88 Å². The van der Waals surface area contributed by atoms with Crippen LogP contribution in [0.3, 0.4) is 0 Å². The van der Waals surface area contributed by atoms with Gasteiger partial charge in [0, 0.05) is 11.8 Å². The summed E-state index contributed by atoms with van der Waals surface area (Å²) in [6, 6.07) is 14.2. The monoisotopic (exact) mass is 295 g/mol. The van der Waals surface area contributed by atoms with Crippen LogP contribution in [0.25, 0.3) is 5.57 Å². The molecule has 0 radical (unpaired) electrons. The highest BCUT2D eigenvalue weighted by Crippen LogP contribution is 2.22. The van der Waals surface area contributed by atoms with Crippen molar-refractivity contribution in [3.63, 3.8) is 0 Å². The van der Waals surface area contributed by atoms with Gasteiger partial charge in [0.1, 0.15) is 6.61 Å². The third kappa shape index (κ3) is 4.45. The third-order valence-corrected chi connectivity index (χ3v) is 3.89. The van der Waals surface area contributed by atoms with Gasteiger partial charge in [-0.25, -0.2) is 4.98 Å². The van der Waals surface area contributed by atoms with E-state index in [1.807, 2.05) is 31.2 Å². The summed E-state index contributed by atoms with van der Waals surface area (Å²) in [6.07, 6.45) is 3.47. The van der Waals surface area contributed by atoms with Crippen molar-refractivity contribution in [1.29, 1.82) is 0 Å². The molecular weight excluding hydrogens is 270 g/mol. The molecule has 0 spiro atoms. The lowest BCUT2D eigenvalue weighted by Crippen LogP contribution is -2.00. The van der Waals surface area contributed by atoms with Crippen LogP contribution in [0.2, 0.25) is 0 Å². The van der Waals surface area contributed by atoms with E-state index >= 15 is 0 Å². The zero-order chi connectivity index (χ0) is 15.9. The fraction of sp³-hybridized carbons (Fsp3) is 0.350. The molecule has 116 valence electrons. The summed E-state index contributed by atoms with van der Waals surface area (Å²) < 4.78 is 5.78. The van der Waals surface area contributed by atoms with Crippen molar-refractivity contribution < 1.29 is 4.74 Å². The Bertz CT molecular complexity index is 631. The second-order valence-corrected chi connectivity index (χ2v) is 5.79. The number of nitrogens with zero attached hydrogens (tertiary/aromatic N) is 1. The topological polar surface area (TPSA) is 22.1 Å². The van der Waals surface area contributed by atoms with Crippen molar-refractivity contribution in [1.82, 2.24) is 4.98 Å². The zero-order valence-corrected chi connectivity index (χ0v) is 14.0. The molecule has 2 aromatic rings. The van der Waals surface area contributed by atoms with Crippen molar-refractivity contribution in [2.24, 2.45) is 5.92 Å². The van der Waals surface area contributed by atoms with Crippen LogP contribution in [0.1, 0.15) is 44.0 Å². The van der Waals surface area contributed by atoms with Gasteiger partial charge >= 0.3 is 0 Å². The number of hydrogen-bond acceptors (Lipinski definition) is 2. The Morgan fingerprint density at radius 2 is 1.91 bits per heavy atom. The Balaban J connectivity index is 2.08. The molecule has 0 saturated heterocycles. The van der Waals surface area contributed by atoms with Gasteiger partial charge in [-0.3, -0.25) is 0 Å². The highest BCUT2D eigenvalue weighted by Gasteiger charge is 2.06. The minimum atomic E-state index is 0.550. The van der Waals surface area contributed by atoms with Crippen molar-refractivity contribution in [3.8, 4) is 5.88 Å². The summed E-state index contributed by atoms with van der Waals surface area (Å²) in [5.74, 6) is 1.27. The van der Waals surface area contributed by atoms with E-state index in [9.17, 15) is 0 Å². The van der Waals surface area contributed by atoms with Crippen LogP contribution in [0.15, 0.2) is 48.5 Å². The molecule has 1 atom stereocenters. The Morgan fingerprint density at radius 3 is 2.55 bits per heavy atom. The molecule has 0 fully saturated rings. The summed E-state index contributed by atoms with van der Waals surface area (Å²) in [5.41, 5.74) is 4.66. The molecule has 1 heterocycles. The van der Waals surface area contributed by atoms with Crippen LogP contribution >= 0.6 is 0 Å². The summed E-state index contributed by atoms with van der Waals surface area (Å²) in [7, 11) is 0. The minimum Gasteiger partial charge on any atom is -0.473 e. The number of hydrogen-bond donors (Lipinski definition) is 0. The van der Waals surface area contributed by atoms with Crippen LogP contribution in [-0.2, 0) is 6.61 Å². The Kier molecular flexibility index (Phi) is 5.76. The highest BCUT2D eigenvalue weighted by molar-refractivity contribution is 5.65. The number of pyridine rings is 1. The molecule has 1 aromatic heterocycles. The average Bonchev–Trinajstić information content (AvgIpc) is 2.53. The van der Waals surface area contributed by atoms with Crippen molar-refractivity contribution in [3.05, 3.63) is 65.4 Å². The molecule has 2 rings (SSSR count). The number of rotatable bonds is 6. The maximum absolute atomic E-state index is 5.78. The molecular formula is C20H25NO. The smallest absolute Gasteiger partial charge is 0.213 e. The van der Waals surface area contributed by atoms with Gasteiger partial charge in [0.2, 0.25) is 5.88 Å². The van der Waals surface area contributed by atoms with E-state index < -0.39 is 0 Å². The predicted molar refractivity (Wildman–Crippen MR) is 92.9 cm³/mol. The van der Waals surface area contributed by atoms with Gasteiger partial charge in [-0.1, -0.05) is 56.7 Å². The molecule has 2 nitrogen and oxygen atoms in total. The van der Waals surface area contributed by atoms with E-state index in [4.69, 9.17) is 4.74 Å². The third-order valence-electron chi connectivity index (χ3n) is 3.89. The lowest BCUT2D eigenvalue weighted by atomic mass is 10.00. The first-order valence-electron chi connectivity index (χ1n) is 7.93. The normalized spacial score (nSPS) is 13.0. The summed E-state index contributed by atoms with van der Waals surface area (Å²) in [4.78, 5) is 4.58. The molecule has 0 saturated carbocycles. The Hall–Kier alpha value is -2.09. The number of aryl methyl sites for hydroxylation is 1. The first-order chi connectivity index (χ1) is 10.6. The van der Waals surface area contributed by atoms with Crippen molar-refractivity contribution >= 4 is 5.57 Å². The van der Waals surface area contributed by atoms with Gasteiger partial charge in [-0.15, -0.1) is 0 Å². The van der Waals surface area contributed by atoms with Gasteiger partial charge in [0.05, 0.1) is 0 Å². The number of aromatic nitrogens is 1. The maximum atomic E-state index is 5.78. The fourth-order valence-corrected chi connectivity index (χ4v) is 2.40. The van der Waals surface area contributed by atoms with Gasteiger partial charge in [0.15, 0.2) is 0 Å². The number of benzene rings is 1. The molecule has 0 bridgehead atoms. The van der Waals surface area contributed by atoms with E-state index in [1.165, 1.54) is 11.1 Å². The molecule has 0 aliphatic rings. The minimum absolute atomic E-state index is 0.550. The Labute approximate surface area is 133 Å². The fourth-order valence-electron chi connectivity index (χ4n) is 2.40. The summed E-state index contributed by atoms with van der Waals surface area (Å²) >= 11 is 0. The van der Waals surface area contributed by atoms with Crippen LogP contribution in [-0.4, -0.2) is 4.98 Å². The molecule has 0 N–H and O–H groups in total. The van der Waals surface area contributed by atoms with Gasteiger partial charge in [-0.05, 0) is 42.5 Å². The molecule has 0 aliphatic heterocycles. The lowest BCUT2D eigenvalue weighted by molar-refractivity contribution is 0.293. The van der Waals surface area contributed by atoms with E-state index in [2.05, 4.69) is 50.0 Å². The molecule has 1 aromatic carbocycles. The number of allylic oxidation sites excluding steroid dienone is 2. The highest BCUT2D eigenvalue weighted by atomic mass is 16.5. The Morgan fingerprint density at radius 1 is 1.18 bits per heavy atom. The predicted octanol–water partition coefficient (Wildman–Crippen LogP) is 5.42. The molecule has 0 aliphatic carbocycles. The summed E-state index contributed by atoms with van der Waals surface area (Å²) in [6.45, 7) is 9.19. The van der Waals surface area contributed by atoms with Gasteiger partial charge in [0.25, 0.3) is 0 Å². The quantitative estimate of drug-likeness (QED) is 0.710. The maximum Gasteiger partial charge on any atom is 0.213 e. The van der Waals surface area contributed by atoms with E-state index in [-0.39, 0.29) is 0 Å². The first kappa shape index (κ1) is 16.3. The summed E-state index contributed by atoms with van der Waals surface area (Å²) in [5, 5.41) is 0. The van der Waals surface area contributed by atoms with E-state index in [0.717, 1.165) is 17.7 Å².